The first-order valence-corrected chi connectivity index (χ1v) is 36.8. The van der Waals surface area contributed by atoms with Gasteiger partial charge in [0.25, 0.3) is 0 Å². The van der Waals surface area contributed by atoms with Crippen LogP contribution in [0.2, 0.25) is 0 Å². The second-order valence-electron chi connectivity index (χ2n) is 27.5. The summed E-state index contributed by atoms with van der Waals surface area (Å²) in [6, 6.07) is 12.8. The number of azide groups is 1. The number of unbranched alkanes of at least 4 members (excludes halogenated alkanes) is 1. The molecule has 0 spiro atoms. The maximum atomic E-state index is 15.5. The Hall–Kier alpha value is -11.5. The highest BCUT2D eigenvalue weighted by atomic mass is 19.1. The number of nitrogens with zero attached hydrogens (tertiary/aromatic N) is 7. The second kappa shape index (κ2) is 44.2. The summed E-state index contributed by atoms with van der Waals surface area (Å²) in [7, 11) is 0. The van der Waals surface area contributed by atoms with Gasteiger partial charge in [0.2, 0.25) is 70.9 Å². The Labute approximate surface area is 641 Å². The molecule has 12 amide bonds. The fourth-order valence-corrected chi connectivity index (χ4v) is 12.3. The number of aromatic amines is 1. The first-order chi connectivity index (χ1) is 52.9. The summed E-state index contributed by atoms with van der Waals surface area (Å²) in [5, 5.41) is 74.0. The van der Waals surface area contributed by atoms with Gasteiger partial charge in [0.15, 0.2) is 5.82 Å². The fraction of sp³-hybridized carbons (Fsp3) is 0.507. The largest absolute Gasteiger partial charge is 0.494 e. The lowest BCUT2D eigenvalue weighted by atomic mass is 9.90. The molecule has 0 radical (unpaired) electrons. The molecular formula is C75H102FN19O16. The zero-order chi connectivity index (χ0) is 81.3. The highest BCUT2D eigenvalue weighted by Gasteiger charge is 2.42. The van der Waals surface area contributed by atoms with Crippen LogP contribution in [0.4, 0.5) is 4.39 Å². The van der Waals surface area contributed by atoms with Crippen molar-refractivity contribution in [3.63, 3.8) is 0 Å². The number of nitrogens with two attached hydrogens (primary N) is 1. The van der Waals surface area contributed by atoms with E-state index in [0.29, 0.717) is 76.0 Å². The predicted molar refractivity (Wildman–Crippen MR) is 402 cm³/mol. The summed E-state index contributed by atoms with van der Waals surface area (Å²) in [5.41, 5.74) is 18.4. The molecule has 1 aliphatic heterocycles. The van der Waals surface area contributed by atoms with E-state index in [1.54, 1.807) is 17.0 Å². The average Bonchev–Trinajstić information content (AvgIpc) is 1.63. The van der Waals surface area contributed by atoms with E-state index in [9.17, 15) is 72.9 Å². The first kappa shape index (κ1) is 88.4. The number of tetrazole rings is 1. The van der Waals surface area contributed by atoms with Crippen LogP contribution in [0.25, 0.3) is 21.6 Å². The molecule has 1 aliphatic rings. The van der Waals surface area contributed by atoms with Crippen molar-refractivity contribution < 1.29 is 82.0 Å². The molecule has 6 rings (SSSR count). The molecule has 2 heterocycles. The molecule has 10 atom stereocenters. The molecule has 0 aliphatic carbocycles. The van der Waals surface area contributed by atoms with Crippen LogP contribution in [0.3, 0.4) is 0 Å². The molecular weight excluding hydrogens is 1440 g/mol. The van der Waals surface area contributed by atoms with Crippen molar-refractivity contribution in [1.29, 1.82) is 0 Å². The van der Waals surface area contributed by atoms with Gasteiger partial charge in [-0.15, -0.1) is 10.2 Å². The van der Waals surface area contributed by atoms with Crippen molar-refractivity contribution in [2.75, 3.05) is 45.9 Å². The monoisotopic (exact) mass is 1540 g/mol. The van der Waals surface area contributed by atoms with Crippen LogP contribution in [0, 0.1) is 19.7 Å². The van der Waals surface area contributed by atoms with Crippen LogP contribution < -0.4 is 63.6 Å². The van der Waals surface area contributed by atoms with Crippen molar-refractivity contribution in [2.24, 2.45) is 10.8 Å². The number of halogens is 1. The third-order valence-corrected chi connectivity index (χ3v) is 18.4. The van der Waals surface area contributed by atoms with Crippen molar-refractivity contribution >= 4 is 70.9 Å². The molecule has 16 N–H and O–H groups in total. The number of amides is 12. The molecule has 0 saturated carbocycles. The standard InChI is InChI=1S/C75H102FN19O16/c1-8-49-38-52(111-33-13-12-29-81-92-78)25-26-53(49)50-23-21-47(22-24-50)37-57(70(106)84-56(67(77)103)19-14-16-48-35-43(3)34-44(4)36-48)85-69(105)55(9-2)83-71(107)59(42-96)86-72(108)65(45(5)97)88-74(110)75(7,40-51-17-10-11-18-54(51)76)89-73(109)66(46(6)98)87-63(101)41-80-68(104)58(39-60-90-93-94-91-60)82-62(100)27-30-79-61(99)28-32-95-31-15-20-64(95)102/h10-11,17-18,21-26,34-36,38,45-46,55-59,65-66,96-98H,8-9,12-16,19-20,27-33,37,39-42H2,1-7H3,(H2,77,103)(H,79,99)(H,80,104)(H,82,100)(H,83,107)(H,84,106)(H,85,105)(H,86,108)(H,87,101)(H,88,110)(H,89,109)(H,90,91,93,94)/t45-,46-,55+,56+,57+,58+,59+,65+,66+,75+/m1/s1. The van der Waals surface area contributed by atoms with Gasteiger partial charge in [-0.2, -0.15) is 5.21 Å². The molecule has 36 heteroatoms. The molecule has 1 aromatic heterocycles. The highest BCUT2D eigenvalue weighted by Crippen LogP contribution is 2.29. The molecule has 0 unspecified atom stereocenters. The molecule has 1 fully saturated rings. The number of H-pyrrole nitrogens is 1. The Kier molecular flexibility index (Phi) is 35.2. The SMILES string of the molecule is CCc1cc(OCCCCN=[N+]=[N-])ccc1-c1ccc(C[C@H](NC(=O)[C@H](CC)NC(=O)[C@H](CO)NC(=O)[C@@H](NC(=O)[C@](C)(Cc2ccccc2F)NC(=O)[C@@H](NC(=O)CNC(=O)[C@H](Cc2nn[nH]n2)NC(=O)CCNC(=O)CCN2CCCC2=O)[C@@H](C)O)[C@@H](C)O)C(=O)N[C@@H](CCCc2cc(C)cc(C)c2)C(N)=O)cc1. The molecule has 1 saturated heterocycles. The van der Waals surface area contributed by atoms with Gasteiger partial charge < -0.3 is 83.9 Å². The third-order valence-electron chi connectivity index (χ3n) is 18.4. The van der Waals surface area contributed by atoms with E-state index >= 15 is 4.39 Å². The molecule has 4 aromatic carbocycles. The normalized spacial score (nSPS) is 14.8. The smallest absolute Gasteiger partial charge is 0.246 e. The number of hydrogen-bond donors (Lipinski definition) is 15. The summed E-state index contributed by atoms with van der Waals surface area (Å²) in [5.74, 6) is -10.9. The Morgan fingerprint density at radius 2 is 1.37 bits per heavy atom. The van der Waals surface area contributed by atoms with Gasteiger partial charge in [-0.05, 0) is 143 Å². The van der Waals surface area contributed by atoms with E-state index in [0.717, 1.165) is 60.2 Å². The Morgan fingerprint density at radius 3 is 2.00 bits per heavy atom. The number of nitrogens with one attached hydrogen (secondary N) is 11. The molecule has 35 nitrogen and oxygen atoms in total. The number of aromatic nitrogens is 4. The molecule has 5 aromatic rings. The van der Waals surface area contributed by atoms with Gasteiger partial charge in [-0.1, -0.05) is 102 Å². The number of likely N-dealkylation sites (tertiary alicyclic amines) is 1. The van der Waals surface area contributed by atoms with E-state index in [1.807, 2.05) is 69.3 Å². The molecule has 600 valence electrons. The van der Waals surface area contributed by atoms with E-state index in [1.165, 1.54) is 25.1 Å². The fourth-order valence-electron chi connectivity index (χ4n) is 12.3. The van der Waals surface area contributed by atoms with Crippen LogP contribution in [-0.4, -0.2) is 218 Å². The van der Waals surface area contributed by atoms with E-state index in [4.69, 9.17) is 16.0 Å². The summed E-state index contributed by atoms with van der Waals surface area (Å²) in [6.07, 6.45) is -0.861. The zero-order valence-corrected chi connectivity index (χ0v) is 63.4. The van der Waals surface area contributed by atoms with Crippen molar-refractivity contribution in [1.82, 2.24) is 78.7 Å². The van der Waals surface area contributed by atoms with Gasteiger partial charge in [0, 0.05) is 69.6 Å². The summed E-state index contributed by atoms with van der Waals surface area (Å²) in [6.45, 7) is 10.1. The maximum absolute atomic E-state index is 15.5. The predicted octanol–water partition coefficient (Wildman–Crippen LogP) is 0.258. The number of ether oxygens (including phenoxy) is 1. The van der Waals surface area contributed by atoms with Crippen molar-refractivity contribution in [3.8, 4) is 16.9 Å². The number of carbonyl (C=O) groups excluding carboxylic acids is 12. The summed E-state index contributed by atoms with van der Waals surface area (Å²) >= 11 is 0. The minimum Gasteiger partial charge on any atom is -0.494 e. The molecule has 111 heavy (non-hydrogen) atoms. The van der Waals surface area contributed by atoms with Crippen LogP contribution in [-0.2, 0) is 89.6 Å². The van der Waals surface area contributed by atoms with E-state index < -0.39 is 150 Å². The number of benzene rings is 4. The Bertz CT molecular complexity index is 4070. The lowest BCUT2D eigenvalue weighted by molar-refractivity contribution is -0.140. The lowest BCUT2D eigenvalue weighted by Gasteiger charge is -2.34. The zero-order valence-electron chi connectivity index (χ0n) is 63.4. The minimum atomic E-state index is -2.34. The van der Waals surface area contributed by atoms with Crippen molar-refractivity contribution in [3.05, 3.63) is 140 Å². The van der Waals surface area contributed by atoms with Gasteiger partial charge in [0.05, 0.1) is 32.0 Å². The van der Waals surface area contributed by atoms with Crippen LogP contribution in [0.5, 0.6) is 5.75 Å². The van der Waals surface area contributed by atoms with Crippen LogP contribution in [0.1, 0.15) is 132 Å². The number of carbonyl (C=O) groups is 12. The number of aliphatic hydroxyl groups excluding tert-OH is 3. The van der Waals surface area contributed by atoms with Crippen molar-refractivity contribution in [2.45, 2.75) is 198 Å². The van der Waals surface area contributed by atoms with Gasteiger partial charge in [-0.3, -0.25) is 57.5 Å². The van der Waals surface area contributed by atoms with Gasteiger partial charge in [-0.25, -0.2) is 4.39 Å². The van der Waals surface area contributed by atoms with Gasteiger partial charge in [0.1, 0.15) is 59.4 Å². The van der Waals surface area contributed by atoms with Crippen LogP contribution >= 0.6 is 0 Å². The maximum Gasteiger partial charge on any atom is 0.246 e. The Morgan fingerprint density at radius 1 is 0.712 bits per heavy atom. The number of rotatable bonds is 46. The third kappa shape index (κ3) is 28.5. The summed E-state index contributed by atoms with van der Waals surface area (Å²) < 4.78 is 21.5. The quantitative estimate of drug-likeness (QED) is 0.0108. The van der Waals surface area contributed by atoms with E-state index in [2.05, 4.69) is 83.8 Å². The van der Waals surface area contributed by atoms with Gasteiger partial charge >= 0.3 is 0 Å². The van der Waals surface area contributed by atoms with E-state index in [-0.39, 0.29) is 68.9 Å². The average molecular weight is 1540 g/mol. The number of aliphatic hydroxyl groups is 3. The highest BCUT2D eigenvalue weighted by molar-refractivity contribution is 6.00. The minimum absolute atomic E-state index is 0.00695. The topological polar surface area (TPSA) is 528 Å². The molecule has 0 bridgehead atoms. The lowest BCUT2D eigenvalue weighted by Crippen LogP contribution is -2.67. The Balaban J connectivity index is 1.13. The number of aryl methyl sites for hydroxylation is 4. The summed E-state index contributed by atoms with van der Waals surface area (Å²) in [4.78, 5) is 168. The first-order valence-electron chi connectivity index (χ1n) is 36.8. The number of primary amides is 1. The number of hydrogen-bond acceptors (Lipinski definition) is 20. The second-order valence-corrected chi connectivity index (χ2v) is 27.5. The van der Waals surface area contributed by atoms with Crippen LogP contribution in [0.15, 0.2) is 90.0 Å².